The van der Waals surface area contributed by atoms with E-state index >= 15 is 0 Å². The molecule has 3 aromatic heterocycles. The second kappa shape index (κ2) is 11.4. The van der Waals surface area contributed by atoms with Gasteiger partial charge in [0.05, 0.1) is 11.0 Å². The number of benzene rings is 7. The van der Waals surface area contributed by atoms with Crippen LogP contribution in [0.4, 0.5) is 0 Å². The van der Waals surface area contributed by atoms with E-state index < -0.39 is 0 Å². The molecule has 0 bridgehead atoms. The van der Waals surface area contributed by atoms with Crippen molar-refractivity contribution < 1.29 is 4.42 Å². The van der Waals surface area contributed by atoms with Crippen LogP contribution < -0.4 is 0 Å². The molecule has 10 aromatic rings. The highest BCUT2D eigenvalue weighted by molar-refractivity contribution is 6.11. The summed E-state index contributed by atoms with van der Waals surface area (Å²) < 4.78 is 8.58. The average molecular weight is 641 g/mol. The lowest BCUT2D eigenvalue weighted by molar-refractivity contribution is 0.669. The Labute approximate surface area is 287 Å². The first kappa shape index (κ1) is 28.2. The van der Waals surface area contributed by atoms with Gasteiger partial charge in [0, 0.05) is 43.9 Å². The van der Waals surface area contributed by atoms with Gasteiger partial charge in [0.1, 0.15) is 11.2 Å². The summed E-state index contributed by atoms with van der Waals surface area (Å²) in [6.45, 7) is 0. The standard InChI is InChI=1S/C45H28N4O/c1-3-11-29(12-4-1)43-46-44(30-13-5-2-6-14-30)48-45(47-43)31-19-23-34(24-20-31)49-39-17-9-7-15-35(39)36-25-21-32(27-40(36)49)33-22-26-38-37-16-8-10-18-41(37)50-42(38)28-33/h1-28H. The van der Waals surface area contributed by atoms with E-state index in [1.807, 2.05) is 72.8 Å². The van der Waals surface area contributed by atoms with Gasteiger partial charge in [-0.2, -0.15) is 0 Å². The van der Waals surface area contributed by atoms with Crippen LogP contribution in [0.5, 0.6) is 0 Å². The van der Waals surface area contributed by atoms with E-state index in [0.29, 0.717) is 17.5 Å². The van der Waals surface area contributed by atoms with Crippen molar-refractivity contribution in [2.24, 2.45) is 0 Å². The summed E-state index contributed by atoms with van der Waals surface area (Å²) in [7, 11) is 0. The first-order valence-corrected chi connectivity index (χ1v) is 16.7. The SMILES string of the molecule is c1ccc(-c2nc(-c3ccccc3)nc(-c3ccc(-n4c5ccccc5c5ccc(-c6ccc7c(c6)oc6ccccc67)cc54)cc3)n2)cc1. The Balaban J connectivity index is 1.09. The Kier molecular flexibility index (Phi) is 6.42. The van der Waals surface area contributed by atoms with Crippen molar-refractivity contribution in [3.8, 4) is 51.0 Å². The minimum atomic E-state index is 0.634. The lowest BCUT2D eigenvalue weighted by Crippen LogP contribution is -2.00. The first-order chi connectivity index (χ1) is 24.8. The summed E-state index contributed by atoms with van der Waals surface area (Å²) in [6.07, 6.45) is 0. The molecule has 0 atom stereocenters. The molecule has 0 aliphatic carbocycles. The van der Waals surface area contributed by atoms with Gasteiger partial charge < -0.3 is 8.98 Å². The van der Waals surface area contributed by atoms with E-state index in [4.69, 9.17) is 19.4 Å². The summed E-state index contributed by atoms with van der Waals surface area (Å²) in [5.41, 5.74) is 10.2. The van der Waals surface area contributed by atoms with E-state index in [1.54, 1.807) is 0 Å². The predicted octanol–water partition coefficient (Wildman–Crippen LogP) is 11.5. The molecule has 0 saturated heterocycles. The van der Waals surface area contributed by atoms with Crippen molar-refractivity contribution >= 4 is 43.7 Å². The number of nitrogens with zero attached hydrogens (tertiary/aromatic N) is 4. The zero-order chi connectivity index (χ0) is 33.0. The minimum absolute atomic E-state index is 0.634. The maximum Gasteiger partial charge on any atom is 0.164 e. The molecule has 0 fully saturated rings. The number of rotatable bonds is 5. The third kappa shape index (κ3) is 4.67. The number of fused-ring (bicyclic) bond motifs is 6. The molecule has 234 valence electrons. The van der Waals surface area contributed by atoms with Gasteiger partial charge in [0.2, 0.25) is 0 Å². The van der Waals surface area contributed by atoms with E-state index in [1.165, 1.54) is 10.8 Å². The van der Waals surface area contributed by atoms with Crippen molar-refractivity contribution in [2.75, 3.05) is 0 Å². The molecule has 0 spiro atoms. The molecule has 10 rings (SSSR count). The third-order valence-electron chi connectivity index (χ3n) is 9.47. The molecule has 0 amide bonds. The first-order valence-electron chi connectivity index (χ1n) is 16.7. The number of hydrogen-bond acceptors (Lipinski definition) is 4. The quantitative estimate of drug-likeness (QED) is 0.188. The molecule has 0 unspecified atom stereocenters. The smallest absolute Gasteiger partial charge is 0.164 e. The van der Waals surface area contributed by atoms with Crippen molar-refractivity contribution in [1.29, 1.82) is 0 Å². The normalized spacial score (nSPS) is 11.6. The van der Waals surface area contributed by atoms with E-state index in [-0.39, 0.29) is 0 Å². The van der Waals surface area contributed by atoms with Gasteiger partial charge in [-0.25, -0.2) is 15.0 Å². The molecule has 0 N–H and O–H groups in total. The summed E-state index contributed by atoms with van der Waals surface area (Å²) in [4.78, 5) is 14.7. The maximum absolute atomic E-state index is 6.24. The number of para-hydroxylation sites is 2. The molecule has 5 nitrogen and oxygen atoms in total. The lowest BCUT2D eigenvalue weighted by Gasteiger charge is -2.11. The van der Waals surface area contributed by atoms with Crippen molar-refractivity contribution in [3.63, 3.8) is 0 Å². The molecule has 0 aliphatic rings. The molecular weight excluding hydrogens is 613 g/mol. The fourth-order valence-electron chi connectivity index (χ4n) is 7.03. The average Bonchev–Trinajstić information content (AvgIpc) is 3.73. The van der Waals surface area contributed by atoms with Crippen LogP contribution in [-0.4, -0.2) is 19.5 Å². The summed E-state index contributed by atoms with van der Waals surface area (Å²) in [6, 6.07) is 58.7. The van der Waals surface area contributed by atoms with Crippen LogP contribution in [0.15, 0.2) is 174 Å². The van der Waals surface area contributed by atoms with Gasteiger partial charge in [-0.1, -0.05) is 115 Å². The number of hydrogen-bond donors (Lipinski definition) is 0. The van der Waals surface area contributed by atoms with Gasteiger partial charge in [-0.15, -0.1) is 0 Å². The highest BCUT2D eigenvalue weighted by Gasteiger charge is 2.16. The second-order valence-electron chi connectivity index (χ2n) is 12.5. The van der Waals surface area contributed by atoms with Crippen LogP contribution in [0.25, 0.3) is 94.7 Å². The highest BCUT2D eigenvalue weighted by Crippen LogP contribution is 2.37. The monoisotopic (exact) mass is 640 g/mol. The second-order valence-corrected chi connectivity index (χ2v) is 12.5. The predicted molar refractivity (Wildman–Crippen MR) is 203 cm³/mol. The molecule has 0 aliphatic heterocycles. The van der Waals surface area contributed by atoms with Crippen LogP contribution in [0, 0.1) is 0 Å². The Morgan fingerprint density at radius 3 is 1.50 bits per heavy atom. The fourth-order valence-corrected chi connectivity index (χ4v) is 7.03. The minimum Gasteiger partial charge on any atom is -0.456 e. The van der Waals surface area contributed by atoms with Crippen molar-refractivity contribution in [2.45, 2.75) is 0 Å². The fraction of sp³-hybridized carbons (Fsp3) is 0. The topological polar surface area (TPSA) is 56.7 Å². The van der Waals surface area contributed by atoms with Gasteiger partial charge in [0.15, 0.2) is 17.5 Å². The Morgan fingerprint density at radius 2 is 0.820 bits per heavy atom. The van der Waals surface area contributed by atoms with Gasteiger partial charge in [0.25, 0.3) is 0 Å². The Hall–Kier alpha value is -6.85. The highest BCUT2D eigenvalue weighted by atomic mass is 16.3. The Morgan fingerprint density at radius 1 is 0.340 bits per heavy atom. The summed E-state index contributed by atoms with van der Waals surface area (Å²) >= 11 is 0. The third-order valence-corrected chi connectivity index (χ3v) is 9.47. The van der Waals surface area contributed by atoms with Gasteiger partial charge in [-0.05, 0) is 65.7 Å². The maximum atomic E-state index is 6.24. The van der Waals surface area contributed by atoms with Crippen LogP contribution in [0.3, 0.4) is 0 Å². The largest absolute Gasteiger partial charge is 0.456 e. The molecule has 0 radical (unpaired) electrons. The lowest BCUT2D eigenvalue weighted by atomic mass is 10.0. The number of aromatic nitrogens is 4. The number of furan rings is 1. The van der Waals surface area contributed by atoms with Gasteiger partial charge in [-0.3, -0.25) is 0 Å². The van der Waals surface area contributed by atoms with E-state index in [0.717, 1.165) is 66.5 Å². The van der Waals surface area contributed by atoms with Crippen LogP contribution in [0.2, 0.25) is 0 Å². The molecule has 7 aromatic carbocycles. The summed E-state index contributed by atoms with van der Waals surface area (Å²) in [5.74, 6) is 1.93. The van der Waals surface area contributed by atoms with Crippen molar-refractivity contribution in [3.05, 3.63) is 170 Å². The van der Waals surface area contributed by atoms with Gasteiger partial charge >= 0.3 is 0 Å². The zero-order valence-electron chi connectivity index (χ0n) is 26.9. The molecular formula is C45H28N4O. The summed E-state index contributed by atoms with van der Waals surface area (Å²) in [5, 5.41) is 4.68. The van der Waals surface area contributed by atoms with Crippen molar-refractivity contribution in [1.82, 2.24) is 19.5 Å². The van der Waals surface area contributed by atoms with Crippen LogP contribution in [-0.2, 0) is 0 Å². The van der Waals surface area contributed by atoms with E-state index in [2.05, 4.69) is 102 Å². The van der Waals surface area contributed by atoms with Crippen LogP contribution in [0.1, 0.15) is 0 Å². The van der Waals surface area contributed by atoms with E-state index in [9.17, 15) is 0 Å². The zero-order valence-corrected chi connectivity index (χ0v) is 26.9. The molecule has 50 heavy (non-hydrogen) atoms. The molecule has 0 saturated carbocycles. The van der Waals surface area contributed by atoms with Crippen LogP contribution >= 0.6 is 0 Å². The molecule has 5 heteroatoms. The Bertz CT molecular complexity index is 2800. The molecule has 3 heterocycles.